The van der Waals surface area contributed by atoms with Crippen molar-refractivity contribution in [1.82, 2.24) is 4.90 Å². The lowest BCUT2D eigenvalue weighted by Gasteiger charge is -2.20. The molecule has 84 valence electrons. The third-order valence-electron chi connectivity index (χ3n) is 3.06. The van der Waals surface area contributed by atoms with Crippen molar-refractivity contribution in [2.45, 2.75) is 17.3 Å². The van der Waals surface area contributed by atoms with Gasteiger partial charge in [0.05, 0.1) is 23.6 Å². The maximum atomic E-state index is 11.5. The van der Waals surface area contributed by atoms with Crippen molar-refractivity contribution in [3.05, 3.63) is 0 Å². The first-order chi connectivity index (χ1) is 7.09. The highest BCUT2D eigenvalue weighted by Crippen LogP contribution is 2.38. The summed E-state index contributed by atoms with van der Waals surface area (Å²) in [5.74, 6) is 0.539. The molecule has 0 radical (unpaired) electrons. The summed E-state index contributed by atoms with van der Waals surface area (Å²) in [6.45, 7) is 0.936. The van der Waals surface area contributed by atoms with Crippen LogP contribution >= 0.6 is 27.7 Å². The Kier molecular flexibility index (Phi) is 2.34. The van der Waals surface area contributed by atoms with Crippen molar-refractivity contribution in [2.75, 3.05) is 23.4 Å². The average molecular weight is 311 g/mol. The van der Waals surface area contributed by atoms with Gasteiger partial charge in [-0.25, -0.2) is 8.42 Å². The Morgan fingerprint density at radius 1 is 1.53 bits per heavy atom. The Labute approximate surface area is 102 Å². The minimum absolute atomic E-state index is 0.00813. The predicted molar refractivity (Wildman–Crippen MR) is 65.5 cm³/mol. The van der Waals surface area contributed by atoms with Gasteiger partial charge in [-0.2, -0.15) is 0 Å². The van der Waals surface area contributed by atoms with Crippen molar-refractivity contribution in [2.24, 2.45) is 4.99 Å². The molecule has 0 aromatic rings. The van der Waals surface area contributed by atoms with Gasteiger partial charge in [0.15, 0.2) is 15.0 Å². The fourth-order valence-corrected chi connectivity index (χ4v) is 6.00. The average Bonchev–Trinajstić information content (AvgIpc) is 2.72. The molecule has 0 spiro atoms. The number of aliphatic imine (C=N–C) groups is 1. The van der Waals surface area contributed by atoms with Crippen LogP contribution < -0.4 is 0 Å². The van der Waals surface area contributed by atoms with Gasteiger partial charge in [0.1, 0.15) is 0 Å². The number of alkyl halides is 1. The summed E-state index contributed by atoms with van der Waals surface area (Å²) >= 11 is 5.23. The molecule has 0 N–H and O–H groups in total. The zero-order chi connectivity index (χ0) is 10.6. The van der Waals surface area contributed by atoms with E-state index in [1.165, 1.54) is 0 Å². The predicted octanol–water partition coefficient (Wildman–Crippen LogP) is 0.334. The molecular formula is C8H11BrN2O2S2. The van der Waals surface area contributed by atoms with Gasteiger partial charge in [-0.05, 0) is 0 Å². The molecule has 2 fully saturated rings. The molecule has 0 unspecified atom stereocenters. The summed E-state index contributed by atoms with van der Waals surface area (Å²) in [6.07, 6.45) is 0. The highest BCUT2D eigenvalue weighted by molar-refractivity contribution is 9.09. The zero-order valence-corrected chi connectivity index (χ0v) is 11.2. The summed E-state index contributed by atoms with van der Waals surface area (Å²) in [4.78, 5) is 6.70. The second kappa shape index (κ2) is 3.37. The van der Waals surface area contributed by atoms with Crippen LogP contribution in [0.4, 0.5) is 0 Å². The largest absolute Gasteiger partial charge is 0.344 e. The van der Waals surface area contributed by atoms with Crippen molar-refractivity contribution in [3.8, 4) is 0 Å². The van der Waals surface area contributed by atoms with E-state index in [-0.39, 0.29) is 17.8 Å². The number of hydrogen-bond acceptors (Lipinski definition) is 5. The number of fused-ring (bicyclic) bond motifs is 3. The molecule has 7 heteroatoms. The maximum absolute atomic E-state index is 11.5. The molecule has 2 saturated heterocycles. The summed E-state index contributed by atoms with van der Waals surface area (Å²) in [6, 6.07) is 0.135. The smallest absolute Gasteiger partial charge is 0.160 e. The Morgan fingerprint density at radius 3 is 3.07 bits per heavy atom. The Bertz CT molecular complexity index is 422. The minimum atomic E-state index is -2.84. The number of thioether (sulfide) groups is 1. The number of rotatable bonds is 1. The van der Waals surface area contributed by atoms with E-state index in [0.29, 0.717) is 11.0 Å². The normalized spacial score (nSPS) is 41.5. The van der Waals surface area contributed by atoms with Crippen LogP contribution in [0.1, 0.15) is 0 Å². The molecule has 3 rings (SSSR count). The van der Waals surface area contributed by atoms with E-state index in [1.54, 1.807) is 11.8 Å². The molecular weight excluding hydrogens is 300 g/mol. The number of halogens is 1. The van der Waals surface area contributed by atoms with Crippen LogP contribution in [0.15, 0.2) is 4.99 Å². The number of amidine groups is 1. The first-order valence-corrected chi connectivity index (χ1v) is 8.69. The van der Waals surface area contributed by atoms with Crippen LogP contribution in [0.2, 0.25) is 0 Å². The highest BCUT2D eigenvalue weighted by atomic mass is 79.9. The van der Waals surface area contributed by atoms with Crippen LogP contribution in [0.25, 0.3) is 0 Å². The molecule has 0 aromatic heterocycles. The lowest BCUT2D eigenvalue weighted by Crippen LogP contribution is -2.38. The molecule has 3 aliphatic rings. The summed E-state index contributed by atoms with van der Waals surface area (Å²) in [7, 11) is -2.84. The summed E-state index contributed by atoms with van der Waals surface area (Å²) in [5, 5.41) is 2.52. The number of sulfone groups is 1. The van der Waals surface area contributed by atoms with Gasteiger partial charge < -0.3 is 4.90 Å². The van der Waals surface area contributed by atoms with E-state index < -0.39 is 9.84 Å². The SMILES string of the molecule is O=S1(=O)C[C@@H]2N=C3S[C@H](CBr)CN3[C@H]2C1. The Balaban J connectivity index is 1.86. The molecule has 0 aromatic carbocycles. The monoisotopic (exact) mass is 310 g/mol. The first-order valence-electron chi connectivity index (χ1n) is 4.86. The molecule has 3 atom stereocenters. The van der Waals surface area contributed by atoms with E-state index in [9.17, 15) is 8.42 Å². The Morgan fingerprint density at radius 2 is 2.33 bits per heavy atom. The lowest BCUT2D eigenvalue weighted by atomic mass is 10.2. The van der Waals surface area contributed by atoms with Gasteiger partial charge >= 0.3 is 0 Å². The Hall–Kier alpha value is 0.250. The molecule has 0 amide bonds. The van der Waals surface area contributed by atoms with Crippen LogP contribution in [-0.2, 0) is 9.84 Å². The topological polar surface area (TPSA) is 49.7 Å². The van der Waals surface area contributed by atoms with Crippen molar-refractivity contribution < 1.29 is 8.42 Å². The molecule has 0 saturated carbocycles. The molecule has 0 aliphatic carbocycles. The summed E-state index contributed by atoms with van der Waals surface area (Å²) < 4.78 is 22.9. The van der Waals surface area contributed by atoms with Gasteiger partial charge in [-0.1, -0.05) is 27.7 Å². The standard InChI is InChI=1S/C8H11BrN2O2S2/c9-1-5-2-11-7-4-15(12,13)3-6(7)10-8(11)14-5/h5-7H,1-4H2/t5-,6+,7+/m1/s1. The van der Waals surface area contributed by atoms with Crippen molar-refractivity contribution in [3.63, 3.8) is 0 Å². The number of nitrogens with zero attached hydrogens (tertiary/aromatic N) is 2. The maximum Gasteiger partial charge on any atom is 0.160 e. The van der Waals surface area contributed by atoms with Gasteiger partial charge in [-0.15, -0.1) is 0 Å². The van der Waals surface area contributed by atoms with E-state index in [2.05, 4.69) is 25.8 Å². The summed E-state index contributed by atoms with van der Waals surface area (Å²) in [5.41, 5.74) is 0. The molecule has 4 nitrogen and oxygen atoms in total. The van der Waals surface area contributed by atoms with Crippen molar-refractivity contribution >= 4 is 42.7 Å². The lowest BCUT2D eigenvalue weighted by molar-refractivity contribution is 0.361. The van der Waals surface area contributed by atoms with E-state index in [4.69, 9.17) is 0 Å². The van der Waals surface area contributed by atoms with Crippen LogP contribution in [-0.4, -0.2) is 59.2 Å². The van der Waals surface area contributed by atoms with Gasteiger partial charge in [-0.3, -0.25) is 4.99 Å². The second-order valence-electron chi connectivity index (χ2n) is 4.17. The number of hydrogen-bond donors (Lipinski definition) is 0. The third kappa shape index (κ3) is 1.63. The molecule has 15 heavy (non-hydrogen) atoms. The second-order valence-corrected chi connectivity index (χ2v) is 8.24. The molecule has 3 heterocycles. The van der Waals surface area contributed by atoms with E-state index in [0.717, 1.165) is 17.0 Å². The van der Waals surface area contributed by atoms with Crippen molar-refractivity contribution in [1.29, 1.82) is 0 Å². The fraction of sp³-hybridized carbons (Fsp3) is 0.875. The quantitative estimate of drug-likeness (QED) is 0.655. The van der Waals surface area contributed by atoms with Gasteiger partial charge in [0.25, 0.3) is 0 Å². The van der Waals surface area contributed by atoms with Gasteiger partial charge in [0, 0.05) is 17.1 Å². The highest BCUT2D eigenvalue weighted by Gasteiger charge is 2.49. The van der Waals surface area contributed by atoms with E-state index in [1.807, 2.05) is 0 Å². The first kappa shape index (κ1) is 10.4. The van der Waals surface area contributed by atoms with Crippen LogP contribution in [0, 0.1) is 0 Å². The van der Waals surface area contributed by atoms with Gasteiger partial charge in [0.2, 0.25) is 0 Å². The minimum Gasteiger partial charge on any atom is -0.344 e. The fourth-order valence-electron chi connectivity index (χ4n) is 2.39. The van der Waals surface area contributed by atoms with Crippen LogP contribution in [0.3, 0.4) is 0 Å². The molecule has 0 bridgehead atoms. The third-order valence-corrected chi connectivity index (χ3v) is 7.17. The molecule has 3 aliphatic heterocycles. The van der Waals surface area contributed by atoms with E-state index >= 15 is 0 Å². The zero-order valence-electron chi connectivity index (χ0n) is 7.97. The van der Waals surface area contributed by atoms with Crippen LogP contribution in [0.5, 0.6) is 0 Å².